The number of rotatable bonds is 5. The number of carboxylic acid groups (broad SMARTS) is 1. The summed E-state index contributed by atoms with van der Waals surface area (Å²) in [6.07, 6.45) is 1.16. The number of methoxy groups -OCH3 is 2. The molecule has 0 unspecified atom stereocenters. The second-order valence-corrected chi connectivity index (χ2v) is 3.24. The van der Waals surface area contributed by atoms with Gasteiger partial charge in [-0.1, -0.05) is 0 Å². The van der Waals surface area contributed by atoms with Crippen LogP contribution in [0.25, 0.3) is 0 Å². The lowest BCUT2D eigenvalue weighted by Gasteiger charge is -2.09. The zero-order valence-corrected chi connectivity index (χ0v) is 9.89. The standard InChI is InChI=1S/C12H14O5/c1-8(12(13)14)7-17-10-5-4-9(15-2)6-11(10)16-3/h4-7H,1-3H3,(H,13,14)/b8-7+. The Balaban J connectivity index is 2.91. The van der Waals surface area contributed by atoms with Crippen molar-refractivity contribution in [3.63, 3.8) is 0 Å². The number of hydrogen-bond donors (Lipinski definition) is 1. The molecule has 0 aliphatic rings. The predicted octanol–water partition coefficient (Wildman–Crippen LogP) is 2.07. The number of hydrogen-bond acceptors (Lipinski definition) is 4. The number of carboxylic acids is 1. The van der Waals surface area contributed by atoms with Crippen molar-refractivity contribution < 1.29 is 24.1 Å². The third-order valence-electron chi connectivity index (χ3n) is 2.07. The molecule has 5 nitrogen and oxygen atoms in total. The molecule has 0 aromatic heterocycles. The zero-order chi connectivity index (χ0) is 12.8. The third-order valence-corrected chi connectivity index (χ3v) is 2.07. The number of carbonyl (C=O) groups is 1. The Morgan fingerprint density at radius 2 is 1.94 bits per heavy atom. The van der Waals surface area contributed by atoms with Crippen molar-refractivity contribution in [3.05, 3.63) is 30.0 Å². The normalized spacial score (nSPS) is 10.9. The summed E-state index contributed by atoms with van der Waals surface area (Å²) >= 11 is 0. The van der Waals surface area contributed by atoms with E-state index in [-0.39, 0.29) is 5.57 Å². The molecule has 0 heterocycles. The molecule has 1 aromatic rings. The monoisotopic (exact) mass is 238 g/mol. The van der Waals surface area contributed by atoms with Gasteiger partial charge < -0.3 is 19.3 Å². The van der Waals surface area contributed by atoms with E-state index in [0.717, 1.165) is 6.26 Å². The predicted molar refractivity (Wildman–Crippen MR) is 61.6 cm³/mol. The first-order chi connectivity index (χ1) is 8.08. The van der Waals surface area contributed by atoms with Crippen LogP contribution in [0.4, 0.5) is 0 Å². The van der Waals surface area contributed by atoms with Crippen molar-refractivity contribution in [1.82, 2.24) is 0 Å². The number of ether oxygens (including phenoxy) is 3. The summed E-state index contributed by atoms with van der Waals surface area (Å²) in [6.45, 7) is 1.44. The maximum absolute atomic E-state index is 10.6. The molecule has 0 aliphatic carbocycles. The molecule has 1 aromatic carbocycles. The van der Waals surface area contributed by atoms with Crippen molar-refractivity contribution >= 4 is 5.97 Å². The maximum atomic E-state index is 10.6. The Hall–Kier alpha value is -2.17. The molecule has 0 aliphatic heterocycles. The summed E-state index contributed by atoms with van der Waals surface area (Å²) < 4.78 is 15.4. The Morgan fingerprint density at radius 3 is 2.47 bits per heavy atom. The first kappa shape index (κ1) is 12.9. The highest BCUT2D eigenvalue weighted by molar-refractivity contribution is 5.85. The van der Waals surface area contributed by atoms with Crippen LogP contribution in [-0.4, -0.2) is 25.3 Å². The van der Waals surface area contributed by atoms with Crippen LogP contribution in [0.1, 0.15) is 6.92 Å². The van der Waals surface area contributed by atoms with Crippen molar-refractivity contribution in [2.75, 3.05) is 14.2 Å². The second-order valence-electron chi connectivity index (χ2n) is 3.24. The Kier molecular flexibility index (Phi) is 4.39. The summed E-state index contributed by atoms with van der Waals surface area (Å²) in [5, 5.41) is 8.67. The van der Waals surface area contributed by atoms with Crippen molar-refractivity contribution in [1.29, 1.82) is 0 Å². The lowest BCUT2D eigenvalue weighted by Crippen LogP contribution is -1.99. The molecule has 0 radical (unpaired) electrons. The van der Waals surface area contributed by atoms with E-state index in [2.05, 4.69) is 0 Å². The van der Waals surface area contributed by atoms with Gasteiger partial charge in [-0.05, 0) is 19.1 Å². The lowest BCUT2D eigenvalue weighted by molar-refractivity contribution is -0.132. The van der Waals surface area contributed by atoms with Crippen LogP contribution < -0.4 is 14.2 Å². The molecule has 5 heteroatoms. The van der Waals surface area contributed by atoms with Crippen LogP contribution in [0.15, 0.2) is 30.0 Å². The maximum Gasteiger partial charge on any atom is 0.334 e. The summed E-state index contributed by atoms with van der Waals surface area (Å²) in [5.41, 5.74) is 0.0999. The molecule has 0 bridgehead atoms. The van der Waals surface area contributed by atoms with Gasteiger partial charge in [0.05, 0.1) is 19.8 Å². The molecule has 92 valence electrons. The van der Waals surface area contributed by atoms with E-state index in [1.165, 1.54) is 14.0 Å². The molecule has 0 amide bonds. The van der Waals surface area contributed by atoms with Crippen molar-refractivity contribution in [2.24, 2.45) is 0 Å². The SMILES string of the molecule is COc1ccc(O/C=C(\C)C(=O)O)c(OC)c1. The van der Waals surface area contributed by atoms with Gasteiger partial charge in [-0.3, -0.25) is 0 Å². The average Bonchev–Trinajstić information content (AvgIpc) is 2.35. The summed E-state index contributed by atoms with van der Waals surface area (Å²) in [7, 11) is 3.04. The zero-order valence-electron chi connectivity index (χ0n) is 9.89. The van der Waals surface area contributed by atoms with Gasteiger partial charge >= 0.3 is 5.97 Å². The molecule has 0 atom stereocenters. The van der Waals surface area contributed by atoms with Gasteiger partial charge in [0.1, 0.15) is 12.0 Å². The molecule has 0 saturated heterocycles. The van der Waals surface area contributed by atoms with Crippen LogP contribution >= 0.6 is 0 Å². The van der Waals surface area contributed by atoms with Crippen LogP contribution in [0, 0.1) is 0 Å². The Labute approximate surface area is 99.2 Å². The third kappa shape index (κ3) is 3.41. The van der Waals surface area contributed by atoms with E-state index in [1.54, 1.807) is 25.3 Å². The van der Waals surface area contributed by atoms with E-state index in [0.29, 0.717) is 17.2 Å². The van der Waals surface area contributed by atoms with E-state index >= 15 is 0 Å². The molecule has 17 heavy (non-hydrogen) atoms. The van der Waals surface area contributed by atoms with E-state index in [4.69, 9.17) is 19.3 Å². The smallest absolute Gasteiger partial charge is 0.334 e. The van der Waals surface area contributed by atoms with Crippen LogP contribution in [0.3, 0.4) is 0 Å². The quantitative estimate of drug-likeness (QED) is 0.628. The number of benzene rings is 1. The van der Waals surface area contributed by atoms with Crippen LogP contribution in [0.5, 0.6) is 17.2 Å². The van der Waals surface area contributed by atoms with Gasteiger partial charge in [0.25, 0.3) is 0 Å². The van der Waals surface area contributed by atoms with E-state index < -0.39 is 5.97 Å². The van der Waals surface area contributed by atoms with E-state index in [1.807, 2.05) is 0 Å². The number of aliphatic carboxylic acids is 1. The fourth-order valence-corrected chi connectivity index (χ4v) is 1.07. The summed E-state index contributed by atoms with van der Waals surface area (Å²) in [5.74, 6) is 0.498. The highest BCUT2D eigenvalue weighted by Crippen LogP contribution is 2.31. The fraction of sp³-hybridized carbons (Fsp3) is 0.250. The van der Waals surface area contributed by atoms with Gasteiger partial charge in [0, 0.05) is 6.07 Å². The molecule has 1 N–H and O–H groups in total. The van der Waals surface area contributed by atoms with Crippen LogP contribution in [0.2, 0.25) is 0 Å². The first-order valence-electron chi connectivity index (χ1n) is 4.87. The minimum absolute atomic E-state index is 0.0999. The first-order valence-corrected chi connectivity index (χ1v) is 4.87. The van der Waals surface area contributed by atoms with Gasteiger partial charge in [-0.25, -0.2) is 4.79 Å². The summed E-state index contributed by atoms with van der Waals surface area (Å²) in [6, 6.07) is 4.99. The Morgan fingerprint density at radius 1 is 1.24 bits per heavy atom. The molecule has 0 fully saturated rings. The summed E-state index contributed by atoms with van der Waals surface area (Å²) in [4.78, 5) is 10.6. The molecular formula is C12H14O5. The molecule has 0 spiro atoms. The van der Waals surface area contributed by atoms with Gasteiger partial charge in [-0.15, -0.1) is 0 Å². The highest BCUT2D eigenvalue weighted by atomic mass is 16.5. The fourth-order valence-electron chi connectivity index (χ4n) is 1.07. The topological polar surface area (TPSA) is 65.0 Å². The van der Waals surface area contributed by atoms with Gasteiger partial charge in [-0.2, -0.15) is 0 Å². The average molecular weight is 238 g/mol. The van der Waals surface area contributed by atoms with E-state index in [9.17, 15) is 4.79 Å². The molecular weight excluding hydrogens is 224 g/mol. The second kappa shape index (κ2) is 5.79. The molecule has 0 saturated carbocycles. The largest absolute Gasteiger partial charge is 0.497 e. The highest BCUT2D eigenvalue weighted by Gasteiger charge is 2.06. The minimum Gasteiger partial charge on any atom is -0.497 e. The molecule has 1 rings (SSSR count). The van der Waals surface area contributed by atoms with Crippen LogP contribution in [-0.2, 0) is 4.79 Å². The van der Waals surface area contributed by atoms with Crippen molar-refractivity contribution in [2.45, 2.75) is 6.92 Å². The Bertz CT molecular complexity index is 437. The van der Waals surface area contributed by atoms with Crippen molar-refractivity contribution in [3.8, 4) is 17.2 Å². The van der Waals surface area contributed by atoms with Gasteiger partial charge in [0.2, 0.25) is 0 Å². The lowest BCUT2D eigenvalue weighted by atomic mass is 10.3. The van der Waals surface area contributed by atoms with Gasteiger partial charge in [0.15, 0.2) is 11.5 Å². The minimum atomic E-state index is -1.03.